The number of hydrogen-bond donors (Lipinski definition) is 2. The van der Waals surface area contributed by atoms with Gasteiger partial charge in [-0.2, -0.15) is 5.26 Å². The maximum atomic E-state index is 11.1. The number of carbonyl (C=O) groups is 1. The third-order valence-corrected chi connectivity index (χ3v) is 3.60. The molecule has 5 heteroatoms. The van der Waals surface area contributed by atoms with Crippen molar-refractivity contribution >= 4 is 5.97 Å². The van der Waals surface area contributed by atoms with Gasteiger partial charge in [-0.3, -0.25) is 9.69 Å². The predicted molar refractivity (Wildman–Crippen MR) is 70.4 cm³/mol. The lowest BCUT2D eigenvalue weighted by Gasteiger charge is -2.22. The summed E-state index contributed by atoms with van der Waals surface area (Å²) in [6.07, 6.45) is 0.426. The van der Waals surface area contributed by atoms with Crippen LogP contribution in [0, 0.1) is 11.3 Å². The number of rotatable bonds is 4. The van der Waals surface area contributed by atoms with Crippen LogP contribution in [-0.2, 0) is 4.79 Å². The summed E-state index contributed by atoms with van der Waals surface area (Å²) in [6, 6.07) is 11.8. The highest BCUT2D eigenvalue weighted by atomic mass is 16.4. The van der Waals surface area contributed by atoms with Gasteiger partial charge in [0.2, 0.25) is 0 Å². The molecule has 3 N–H and O–H groups in total. The van der Waals surface area contributed by atoms with Crippen molar-refractivity contribution in [2.24, 2.45) is 5.73 Å². The molecule has 1 heterocycles. The van der Waals surface area contributed by atoms with Crippen LogP contribution in [-0.4, -0.2) is 41.1 Å². The second-order valence-electron chi connectivity index (χ2n) is 5.04. The molecule has 1 aliphatic heterocycles. The Bertz CT molecular complexity index is 497. The smallest absolute Gasteiger partial charge is 0.325 e. The third kappa shape index (κ3) is 2.92. The van der Waals surface area contributed by atoms with E-state index < -0.39 is 11.5 Å². The summed E-state index contributed by atoms with van der Waals surface area (Å²) in [4.78, 5) is 13.0. The average molecular weight is 259 g/mol. The molecule has 100 valence electrons. The van der Waals surface area contributed by atoms with Crippen molar-refractivity contribution in [3.8, 4) is 6.07 Å². The Labute approximate surface area is 112 Å². The van der Waals surface area contributed by atoms with Gasteiger partial charge in [0.1, 0.15) is 5.54 Å². The summed E-state index contributed by atoms with van der Waals surface area (Å²) in [7, 11) is 0. The number of nitrogens with two attached hydrogens (primary N) is 1. The van der Waals surface area contributed by atoms with Gasteiger partial charge in [0.25, 0.3) is 0 Å². The molecule has 1 aromatic carbocycles. The van der Waals surface area contributed by atoms with E-state index in [0.29, 0.717) is 26.1 Å². The second-order valence-corrected chi connectivity index (χ2v) is 5.04. The maximum absolute atomic E-state index is 11.1. The van der Waals surface area contributed by atoms with Gasteiger partial charge in [-0.25, -0.2) is 0 Å². The van der Waals surface area contributed by atoms with Gasteiger partial charge >= 0.3 is 5.97 Å². The zero-order valence-corrected chi connectivity index (χ0v) is 10.6. The lowest BCUT2D eigenvalue weighted by Crippen LogP contribution is -2.50. The number of nitriles is 1. The maximum Gasteiger partial charge on any atom is 0.325 e. The monoisotopic (exact) mass is 259 g/mol. The van der Waals surface area contributed by atoms with Gasteiger partial charge in [-0.1, -0.05) is 30.3 Å². The Morgan fingerprint density at radius 2 is 2.21 bits per heavy atom. The van der Waals surface area contributed by atoms with E-state index in [4.69, 9.17) is 10.8 Å². The molecule has 1 aliphatic rings. The Kier molecular flexibility index (Phi) is 3.84. The third-order valence-electron chi connectivity index (χ3n) is 3.60. The topological polar surface area (TPSA) is 90.4 Å². The number of nitrogens with zero attached hydrogens (tertiary/aromatic N) is 2. The van der Waals surface area contributed by atoms with Gasteiger partial charge in [-0.05, 0) is 12.0 Å². The molecular formula is C14H17N3O2. The van der Waals surface area contributed by atoms with Crippen molar-refractivity contribution in [1.29, 1.82) is 5.26 Å². The molecule has 0 amide bonds. The predicted octanol–water partition coefficient (Wildman–Crippen LogP) is 0.782. The molecule has 0 saturated carbocycles. The number of hydrogen-bond acceptors (Lipinski definition) is 4. The second kappa shape index (κ2) is 5.39. The summed E-state index contributed by atoms with van der Waals surface area (Å²) in [5.74, 6) is -1.22. The van der Waals surface area contributed by atoms with Crippen LogP contribution < -0.4 is 5.73 Å². The first-order valence-corrected chi connectivity index (χ1v) is 6.24. The fraction of sp³-hybridized carbons (Fsp3) is 0.429. The SMILES string of the molecule is N#CC(CN1CCC(N)(C(=O)O)C1)c1ccccc1. The fourth-order valence-electron chi connectivity index (χ4n) is 2.41. The number of aliphatic carboxylic acids is 1. The van der Waals surface area contributed by atoms with Crippen LogP contribution in [0.5, 0.6) is 0 Å². The van der Waals surface area contributed by atoms with Crippen LogP contribution in [0.2, 0.25) is 0 Å². The van der Waals surface area contributed by atoms with Crippen LogP contribution in [0.25, 0.3) is 0 Å². The molecule has 0 bridgehead atoms. The molecule has 19 heavy (non-hydrogen) atoms. The fourth-order valence-corrected chi connectivity index (χ4v) is 2.41. The van der Waals surface area contributed by atoms with E-state index in [9.17, 15) is 10.1 Å². The molecule has 5 nitrogen and oxygen atoms in total. The number of carboxylic acid groups (broad SMARTS) is 1. The average Bonchev–Trinajstić information content (AvgIpc) is 2.80. The van der Waals surface area contributed by atoms with E-state index in [0.717, 1.165) is 5.56 Å². The molecule has 2 rings (SSSR count). The standard InChI is InChI=1S/C14H17N3O2/c15-8-12(11-4-2-1-3-5-11)9-17-7-6-14(16,10-17)13(18)19/h1-5,12H,6-7,9-10,16H2,(H,18,19). The van der Waals surface area contributed by atoms with Crippen molar-refractivity contribution in [2.45, 2.75) is 17.9 Å². The van der Waals surface area contributed by atoms with Crippen molar-refractivity contribution < 1.29 is 9.90 Å². The van der Waals surface area contributed by atoms with Gasteiger partial charge in [0, 0.05) is 19.6 Å². The minimum Gasteiger partial charge on any atom is -0.480 e. The van der Waals surface area contributed by atoms with E-state index in [-0.39, 0.29) is 5.92 Å². The largest absolute Gasteiger partial charge is 0.480 e. The lowest BCUT2D eigenvalue weighted by atomic mass is 9.99. The molecule has 2 atom stereocenters. The van der Waals surface area contributed by atoms with E-state index >= 15 is 0 Å². The van der Waals surface area contributed by atoms with Crippen molar-refractivity contribution in [1.82, 2.24) is 4.90 Å². The zero-order valence-electron chi connectivity index (χ0n) is 10.6. The summed E-state index contributed by atoms with van der Waals surface area (Å²) < 4.78 is 0. The van der Waals surface area contributed by atoms with Crippen molar-refractivity contribution in [3.63, 3.8) is 0 Å². The van der Waals surface area contributed by atoms with Crippen molar-refractivity contribution in [2.75, 3.05) is 19.6 Å². The van der Waals surface area contributed by atoms with Gasteiger partial charge in [-0.15, -0.1) is 0 Å². The van der Waals surface area contributed by atoms with Gasteiger partial charge in [0.15, 0.2) is 0 Å². The summed E-state index contributed by atoms with van der Waals surface area (Å²) >= 11 is 0. The molecule has 0 radical (unpaired) electrons. The highest BCUT2D eigenvalue weighted by Crippen LogP contribution is 2.23. The first-order valence-electron chi connectivity index (χ1n) is 6.24. The highest BCUT2D eigenvalue weighted by molar-refractivity contribution is 5.79. The van der Waals surface area contributed by atoms with Crippen LogP contribution in [0.15, 0.2) is 30.3 Å². The number of benzene rings is 1. The van der Waals surface area contributed by atoms with Crippen LogP contribution >= 0.6 is 0 Å². The minimum absolute atomic E-state index is 0.252. The van der Waals surface area contributed by atoms with Crippen LogP contribution in [0.3, 0.4) is 0 Å². The zero-order chi connectivity index (χ0) is 13.9. The van der Waals surface area contributed by atoms with E-state index in [2.05, 4.69) is 6.07 Å². The highest BCUT2D eigenvalue weighted by Gasteiger charge is 2.41. The molecule has 1 saturated heterocycles. The molecular weight excluding hydrogens is 242 g/mol. The molecule has 1 fully saturated rings. The summed E-state index contributed by atoms with van der Waals surface area (Å²) in [5, 5.41) is 18.3. The van der Waals surface area contributed by atoms with E-state index in [1.807, 2.05) is 35.2 Å². The number of carboxylic acids is 1. The van der Waals surface area contributed by atoms with Crippen LogP contribution in [0.1, 0.15) is 17.9 Å². The Morgan fingerprint density at radius 1 is 1.53 bits per heavy atom. The normalized spacial score (nSPS) is 24.8. The molecule has 0 aromatic heterocycles. The molecule has 2 unspecified atom stereocenters. The Morgan fingerprint density at radius 3 is 2.74 bits per heavy atom. The first kappa shape index (κ1) is 13.5. The van der Waals surface area contributed by atoms with E-state index in [1.165, 1.54) is 0 Å². The summed E-state index contributed by atoms with van der Waals surface area (Å²) in [6.45, 7) is 1.44. The minimum atomic E-state index is -1.17. The first-order chi connectivity index (χ1) is 9.05. The van der Waals surface area contributed by atoms with Gasteiger partial charge in [0.05, 0.1) is 12.0 Å². The Balaban J connectivity index is 2.02. The molecule has 0 spiro atoms. The van der Waals surface area contributed by atoms with Gasteiger partial charge < -0.3 is 10.8 Å². The Hall–Kier alpha value is -1.90. The molecule has 1 aromatic rings. The van der Waals surface area contributed by atoms with E-state index in [1.54, 1.807) is 0 Å². The van der Waals surface area contributed by atoms with Crippen molar-refractivity contribution in [3.05, 3.63) is 35.9 Å². The number of likely N-dealkylation sites (tertiary alicyclic amines) is 1. The quantitative estimate of drug-likeness (QED) is 0.834. The van der Waals surface area contributed by atoms with Crippen LogP contribution in [0.4, 0.5) is 0 Å². The lowest BCUT2D eigenvalue weighted by molar-refractivity contribution is -0.142. The summed E-state index contributed by atoms with van der Waals surface area (Å²) in [5.41, 5.74) is 5.61. The molecule has 0 aliphatic carbocycles.